The molecule has 2 saturated heterocycles. The fourth-order valence-electron chi connectivity index (χ4n) is 4.91. The second-order valence-electron chi connectivity index (χ2n) is 10.2. The Morgan fingerprint density at radius 2 is 1.76 bits per heavy atom. The maximum atomic E-state index is 15.0. The molecule has 0 aliphatic carbocycles. The van der Waals surface area contributed by atoms with E-state index in [0.29, 0.717) is 56.4 Å². The first-order valence-corrected chi connectivity index (χ1v) is 13.6. The minimum atomic E-state index is -4.24. The fraction of sp³-hybridized carbons (Fsp3) is 0.481. The minimum Gasteiger partial charge on any atom is -0.396 e. The highest BCUT2D eigenvalue weighted by molar-refractivity contribution is 6.31. The van der Waals surface area contributed by atoms with Gasteiger partial charge in [-0.15, -0.1) is 0 Å². The van der Waals surface area contributed by atoms with Crippen molar-refractivity contribution in [2.45, 2.75) is 25.6 Å². The maximum absolute atomic E-state index is 15.0. The van der Waals surface area contributed by atoms with Gasteiger partial charge >= 0.3 is 12.2 Å². The number of likely N-dealkylation sites (tertiary alicyclic amines) is 1. The highest BCUT2D eigenvalue weighted by Gasteiger charge is 2.30. The predicted molar refractivity (Wildman–Crippen MR) is 144 cm³/mol. The third-order valence-electron chi connectivity index (χ3n) is 7.30. The molecule has 3 N–H and O–H groups in total. The molecule has 8 nitrogen and oxygen atoms in total. The third kappa shape index (κ3) is 7.98. The Balaban J connectivity index is 1.39. The van der Waals surface area contributed by atoms with Crippen molar-refractivity contribution in [3.8, 4) is 0 Å². The normalized spacial score (nSPS) is 18.1. The predicted octanol–water partition coefficient (Wildman–Crippen LogP) is 4.47. The number of urea groups is 1. The Morgan fingerprint density at radius 3 is 2.41 bits per heavy atom. The number of carbonyl (C=O) groups excluding carboxylic acids is 2. The van der Waals surface area contributed by atoms with Crippen LogP contribution in [-0.2, 0) is 6.54 Å². The first-order chi connectivity index (χ1) is 19.4. The molecule has 2 fully saturated rings. The average Bonchev–Trinajstić information content (AvgIpc) is 3.43. The number of piperazine rings is 1. The second-order valence-corrected chi connectivity index (χ2v) is 10.6. The van der Waals surface area contributed by atoms with Crippen LogP contribution in [0.5, 0.6) is 0 Å². The zero-order valence-corrected chi connectivity index (χ0v) is 22.9. The Hall–Kier alpha value is -3.16. The monoisotopic (exact) mass is 603 g/mol. The standard InChI is InChI=1S/C27H31ClF5N5O3/c28-19-2-4-21(22(13-19)37-11-9-36(10-12-37)8-6-27(31,32)33)35-25(40)20-3-1-18(23(29)24(20)30)14-34-26(41)38-7-5-17(15-38)16-39/h1-4,13,17,39H,5-12,14-16H2,(H,34,41)(H,35,40). The minimum absolute atomic E-state index is 0.0123. The van der Waals surface area contributed by atoms with Gasteiger partial charge in [-0.05, 0) is 30.7 Å². The second kappa shape index (κ2) is 13.2. The highest BCUT2D eigenvalue weighted by Crippen LogP contribution is 2.31. The molecule has 4 rings (SSSR count). The van der Waals surface area contributed by atoms with E-state index in [1.165, 1.54) is 23.1 Å². The van der Waals surface area contributed by atoms with Gasteiger partial charge < -0.3 is 25.5 Å². The lowest BCUT2D eigenvalue weighted by Crippen LogP contribution is -2.47. The first-order valence-electron chi connectivity index (χ1n) is 13.2. The van der Waals surface area contributed by atoms with Crippen molar-refractivity contribution in [1.29, 1.82) is 0 Å². The molecule has 0 aromatic heterocycles. The van der Waals surface area contributed by atoms with E-state index in [9.17, 15) is 36.6 Å². The van der Waals surface area contributed by atoms with E-state index in [2.05, 4.69) is 10.6 Å². The number of aliphatic hydroxyl groups excluding tert-OH is 1. The summed E-state index contributed by atoms with van der Waals surface area (Å²) in [7, 11) is 0. The number of carbonyl (C=O) groups is 2. The van der Waals surface area contributed by atoms with E-state index in [-0.39, 0.29) is 36.9 Å². The average molecular weight is 604 g/mol. The molecular weight excluding hydrogens is 573 g/mol. The first kappa shape index (κ1) is 30.8. The van der Waals surface area contributed by atoms with Crippen LogP contribution < -0.4 is 15.5 Å². The molecule has 2 heterocycles. The van der Waals surface area contributed by atoms with Crippen LogP contribution in [0.25, 0.3) is 0 Å². The van der Waals surface area contributed by atoms with E-state index in [4.69, 9.17) is 11.6 Å². The number of benzene rings is 2. The van der Waals surface area contributed by atoms with E-state index >= 15 is 0 Å². The maximum Gasteiger partial charge on any atom is 0.390 e. The van der Waals surface area contributed by atoms with Gasteiger partial charge in [-0.2, -0.15) is 13.2 Å². The van der Waals surface area contributed by atoms with E-state index < -0.39 is 41.7 Å². The highest BCUT2D eigenvalue weighted by atomic mass is 35.5. The number of anilines is 2. The largest absolute Gasteiger partial charge is 0.396 e. The summed E-state index contributed by atoms with van der Waals surface area (Å²) in [4.78, 5) is 30.3. The molecule has 0 saturated carbocycles. The van der Waals surface area contributed by atoms with Crippen LogP contribution in [0.2, 0.25) is 5.02 Å². The summed E-state index contributed by atoms with van der Waals surface area (Å²) in [5.74, 6) is -3.55. The number of amides is 3. The van der Waals surface area contributed by atoms with Gasteiger partial charge in [0.15, 0.2) is 11.6 Å². The Labute approximate surface area is 239 Å². The van der Waals surface area contributed by atoms with E-state index in [1.807, 2.05) is 4.90 Å². The lowest BCUT2D eigenvalue weighted by atomic mass is 10.1. The Kier molecular flexibility index (Phi) is 9.92. The smallest absolute Gasteiger partial charge is 0.390 e. The van der Waals surface area contributed by atoms with Crippen LogP contribution in [0.3, 0.4) is 0 Å². The van der Waals surface area contributed by atoms with Crippen molar-refractivity contribution in [2.75, 3.05) is 62.6 Å². The van der Waals surface area contributed by atoms with Gasteiger partial charge in [0.05, 0.1) is 23.4 Å². The van der Waals surface area contributed by atoms with Gasteiger partial charge in [-0.3, -0.25) is 9.69 Å². The molecule has 2 aliphatic heterocycles. The molecule has 0 spiro atoms. The van der Waals surface area contributed by atoms with Gasteiger partial charge in [0, 0.05) is 75.5 Å². The van der Waals surface area contributed by atoms with E-state index in [1.54, 1.807) is 11.0 Å². The number of aliphatic hydroxyl groups is 1. The van der Waals surface area contributed by atoms with Gasteiger partial charge in [0.25, 0.3) is 5.91 Å². The summed E-state index contributed by atoms with van der Waals surface area (Å²) >= 11 is 6.16. The summed E-state index contributed by atoms with van der Waals surface area (Å²) in [5, 5.41) is 14.7. The lowest BCUT2D eigenvalue weighted by Gasteiger charge is -2.37. The third-order valence-corrected chi connectivity index (χ3v) is 7.54. The lowest BCUT2D eigenvalue weighted by molar-refractivity contribution is -0.138. The number of hydrogen-bond acceptors (Lipinski definition) is 5. The fourth-order valence-corrected chi connectivity index (χ4v) is 5.08. The number of alkyl halides is 3. The summed E-state index contributed by atoms with van der Waals surface area (Å²) in [5.41, 5.74) is 0.111. The molecule has 224 valence electrons. The number of halogens is 6. The summed E-state index contributed by atoms with van der Waals surface area (Å²) in [6.07, 6.45) is -4.48. The van der Waals surface area contributed by atoms with Gasteiger partial charge in [0.1, 0.15) is 0 Å². The van der Waals surface area contributed by atoms with Gasteiger partial charge in [-0.25, -0.2) is 13.6 Å². The number of nitrogens with one attached hydrogen (secondary N) is 2. The molecule has 1 atom stereocenters. The van der Waals surface area contributed by atoms with Crippen LogP contribution >= 0.6 is 11.6 Å². The zero-order chi connectivity index (χ0) is 29.7. The number of rotatable bonds is 8. The van der Waals surface area contributed by atoms with Crippen molar-refractivity contribution in [1.82, 2.24) is 15.1 Å². The van der Waals surface area contributed by atoms with Crippen LogP contribution in [0.1, 0.15) is 28.8 Å². The Morgan fingerprint density at radius 1 is 1.02 bits per heavy atom. The van der Waals surface area contributed by atoms with Crippen molar-refractivity contribution in [2.24, 2.45) is 5.92 Å². The molecule has 41 heavy (non-hydrogen) atoms. The van der Waals surface area contributed by atoms with Crippen LogP contribution in [0, 0.1) is 17.6 Å². The topological polar surface area (TPSA) is 88.2 Å². The summed E-state index contributed by atoms with van der Waals surface area (Å²) in [6.45, 7) is 1.88. The summed E-state index contributed by atoms with van der Waals surface area (Å²) in [6, 6.07) is 6.52. The van der Waals surface area contributed by atoms with Gasteiger partial charge in [0.2, 0.25) is 0 Å². The quantitative estimate of drug-likeness (QED) is 0.388. The molecular formula is C27H31ClF5N5O3. The van der Waals surface area contributed by atoms with Crippen LogP contribution in [-0.4, -0.2) is 85.4 Å². The number of hydrogen-bond donors (Lipinski definition) is 3. The molecule has 2 aromatic carbocycles. The molecule has 1 unspecified atom stereocenters. The SMILES string of the molecule is O=C(Nc1ccc(Cl)cc1N1CCN(CCC(F)(F)F)CC1)c1ccc(CNC(=O)N2CCC(CO)C2)c(F)c1F. The Bertz CT molecular complexity index is 1260. The summed E-state index contributed by atoms with van der Waals surface area (Å²) < 4.78 is 67.5. The van der Waals surface area contributed by atoms with Crippen molar-refractivity contribution in [3.63, 3.8) is 0 Å². The molecule has 0 radical (unpaired) electrons. The van der Waals surface area contributed by atoms with Crippen LogP contribution in [0.4, 0.5) is 38.1 Å². The van der Waals surface area contributed by atoms with Crippen molar-refractivity contribution < 1.29 is 36.6 Å². The van der Waals surface area contributed by atoms with Crippen LogP contribution in [0.15, 0.2) is 30.3 Å². The molecule has 3 amide bonds. The molecule has 2 aromatic rings. The van der Waals surface area contributed by atoms with Crippen molar-refractivity contribution >= 4 is 34.9 Å². The van der Waals surface area contributed by atoms with Crippen molar-refractivity contribution in [3.05, 3.63) is 58.1 Å². The molecule has 2 aliphatic rings. The zero-order valence-electron chi connectivity index (χ0n) is 22.1. The molecule has 14 heteroatoms. The number of nitrogens with zero attached hydrogens (tertiary/aromatic N) is 3. The van der Waals surface area contributed by atoms with E-state index in [0.717, 1.165) is 6.07 Å². The van der Waals surface area contributed by atoms with Gasteiger partial charge in [-0.1, -0.05) is 17.7 Å². The molecule has 0 bridgehead atoms.